The summed E-state index contributed by atoms with van der Waals surface area (Å²) < 4.78 is 17.9. The van der Waals surface area contributed by atoms with Gasteiger partial charge in [0.05, 0.1) is 24.7 Å². The van der Waals surface area contributed by atoms with Crippen molar-refractivity contribution in [2.24, 2.45) is 7.05 Å². The number of aliphatic hydroxyl groups excluding tert-OH is 1. The number of aromatic nitrogens is 2. The average molecular weight is 461 g/mol. The first-order valence-corrected chi connectivity index (χ1v) is 12.2. The molecule has 1 unspecified atom stereocenters. The van der Waals surface area contributed by atoms with Crippen molar-refractivity contribution >= 4 is 33.3 Å². The molecule has 1 aliphatic heterocycles. The van der Waals surface area contributed by atoms with Crippen molar-refractivity contribution in [1.29, 1.82) is 0 Å². The highest BCUT2D eigenvalue weighted by Crippen LogP contribution is 2.35. The van der Waals surface area contributed by atoms with Gasteiger partial charge in [-0.1, -0.05) is 17.8 Å². The Morgan fingerprint density at radius 1 is 1.29 bits per heavy atom. The molecule has 1 atom stereocenters. The van der Waals surface area contributed by atoms with Gasteiger partial charge in [-0.05, 0) is 48.9 Å². The first kappa shape index (κ1) is 20.8. The molecule has 0 radical (unpaired) electrons. The number of thioether (sulfide) groups is 1. The number of ether oxygens (including phenoxy) is 3. The fourth-order valence-electron chi connectivity index (χ4n) is 3.96. The number of thiophene rings is 1. The van der Waals surface area contributed by atoms with Gasteiger partial charge in [0.15, 0.2) is 16.7 Å². The molecule has 0 saturated heterocycles. The monoisotopic (exact) mass is 460 g/mol. The fraction of sp³-hybridized carbons (Fsp3) is 0.455. The van der Waals surface area contributed by atoms with Gasteiger partial charge in [0.25, 0.3) is 5.56 Å². The maximum Gasteiger partial charge on any atom is 0.262 e. The molecule has 3 aromatic rings. The van der Waals surface area contributed by atoms with E-state index in [1.165, 1.54) is 28.6 Å². The molecule has 9 heteroatoms. The van der Waals surface area contributed by atoms with Crippen LogP contribution in [0.25, 0.3) is 10.2 Å². The van der Waals surface area contributed by atoms with E-state index in [2.05, 4.69) is 0 Å². The van der Waals surface area contributed by atoms with Gasteiger partial charge in [-0.25, -0.2) is 4.98 Å². The highest BCUT2D eigenvalue weighted by molar-refractivity contribution is 7.99. The van der Waals surface area contributed by atoms with Crippen molar-refractivity contribution in [3.8, 4) is 11.5 Å². The zero-order chi connectivity index (χ0) is 21.4. The minimum atomic E-state index is -0.664. The third kappa shape index (κ3) is 4.19. The average Bonchev–Trinajstić information content (AvgIpc) is 3.39. The number of aryl methyl sites for hydroxylation is 2. The number of rotatable bonds is 7. The Hall–Kier alpha value is -2.07. The Morgan fingerprint density at radius 3 is 3.03 bits per heavy atom. The molecule has 1 N–H and O–H groups in total. The molecule has 1 aromatic carbocycles. The van der Waals surface area contributed by atoms with Gasteiger partial charge >= 0.3 is 0 Å². The summed E-state index contributed by atoms with van der Waals surface area (Å²) in [5.74, 6) is 1.86. The predicted octanol–water partition coefficient (Wildman–Crippen LogP) is 3.27. The molecular weight excluding hydrogens is 436 g/mol. The van der Waals surface area contributed by atoms with Crippen molar-refractivity contribution in [3.05, 3.63) is 44.6 Å². The smallest absolute Gasteiger partial charge is 0.262 e. The van der Waals surface area contributed by atoms with E-state index in [1.807, 2.05) is 18.2 Å². The zero-order valence-corrected chi connectivity index (χ0v) is 18.9. The van der Waals surface area contributed by atoms with Gasteiger partial charge in [0.1, 0.15) is 4.83 Å². The highest BCUT2D eigenvalue weighted by Gasteiger charge is 2.21. The molecule has 3 heterocycles. The maximum atomic E-state index is 12.9. The number of aliphatic hydroxyl groups is 1. The molecule has 0 bridgehead atoms. The van der Waals surface area contributed by atoms with Gasteiger partial charge in [0.2, 0.25) is 6.79 Å². The largest absolute Gasteiger partial charge is 0.454 e. The predicted molar refractivity (Wildman–Crippen MR) is 120 cm³/mol. The van der Waals surface area contributed by atoms with Crippen LogP contribution in [0.3, 0.4) is 0 Å². The lowest BCUT2D eigenvalue weighted by Gasteiger charge is -2.13. The van der Waals surface area contributed by atoms with Gasteiger partial charge < -0.3 is 19.3 Å². The summed E-state index contributed by atoms with van der Waals surface area (Å²) in [5, 5.41) is 11.8. The van der Waals surface area contributed by atoms with Crippen LogP contribution in [0.1, 0.15) is 28.8 Å². The maximum absolute atomic E-state index is 12.9. The summed E-state index contributed by atoms with van der Waals surface area (Å²) in [6, 6.07) is 5.67. The fourth-order valence-corrected chi connectivity index (χ4v) is 6.14. The quantitative estimate of drug-likeness (QED) is 0.428. The second kappa shape index (κ2) is 8.82. The number of benzene rings is 1. The van der Waals surface area contributed by atoms with Gasteiger partial charge in [-0.2, -0.15) is 0 Å². The number of hydrogen-bond acceptors (Lipinski definition) is 8. The van der Waals surface area contributed by atoms with Gasteiger partial charge in [-0.3, -0.25) is 9.36 Å². The lowest BCUT2D eigenvalue weighted by molar-refractivity contribution is 0.0397. The van der Waals surface area contributed by atoms with Crippen molar-refractivity contribution in [2.45, 2.75) is 43.6 Å². The lowest BCUT2D eigenvalue weighted by atomic mass is 9.97. The Bertz CT molecular complexity index is 1170. The van der Waals surface area contributed by atoms with Gasteiger partial charge in [0, 0.05) is 17.7 Å². The van der Waals surface area contributed by atoms with E-state index < -0.39 is 6.10 Å². The molecule has 2 aliphatic rings. The van der Waals surface area contributed by atoms with E-state index >= 15 is 0 Å². The van der Waals surface area contributed by atoms with Crippen LogP contribution < -0.4 is 15.0 Å². The first-order valence-electron chi connectivity index (χ1n) is 10.4. The molecule has 0 amide bonds. The molecule has 5 rings (SSSR count). The van der Waals surface area contributed by atoms with Crippen molar-refractivity contribution in [2.75, 3.05) is 19.2 Å². The van der Waals surface area contributed by atoms with E-state index in [0.29, 0.717) is 17.5 Å². The van der Waals surface area contributed by atoms with Crippen LogP contribution in [0.15, 0.2) is 28.2 Å². The van der Waals surface area contributed by atoms with Crippen molar-refractivity contribution in [3.63, 3.8) is 0 Å². The highest BCUT2D eigenvalue weighted by atomic mass is 32.2. The number of hydrogen-bond donors (Lipinski definition) is 1. The molecule has 1 aliphatic carbocycles. The Balaban J connectivity index is 1.19. The standard InChI is InChI=1S/C22H24N2O5S2/c1-24-21(26)19-15-4-2-3-5-18(15)31-20(19)23-22(24)30-11-14(25)10-27-9-13-6-7-16-17(8-13)29-12-28-16/h6-8,14,25H,2-5,9-12H2,1H3. The van der Waals surface area contributed by atoms with Crippen LogP contribution in [0, 0.1) is 0 Å². The lowest BCUT2D eigenvalue weighted by Crippen LogP contribution is -2.22. The molecule has 31 heavy (non-hydrogen) atoms. The van der Waals surface area contributed by atoms with E-state index in [9.17, 15) is 9.90 Å². The van der Waals surface area contributed by atoms with E-state index in [4.69, 9.17) is 19.2 Å². The first-order chi connectivity index (χ1) is 15.1. The van der Waals surface area contributed by atoms with Crippen LogP contribution in [0.5, 0.6) is 11.5 Å². The second-order valence-corrected chi connectivity index (χ2v) is 9.89. The van der Waals surface area contributed by atoms with Crippen LogP contribution in [0.4, 0.5) is 0 Å². The van der Waals surface area contributed by atoms with Crippen LogP contribution in [0.2, 0.25) is 0 Å². The normalized spacial score (nSPS) is 15.9. The molecule has 0 saturated carbocycles. The second-order valence-electron chi connectivity index (χ2n) is 7.82. The molecule has 7 nitrogen and oxygen atoms in total. The van der Waals surface area contributed by atoms with Crippen molar-refractivity contribution < 1.29 is 19.3 Å². The van der Waals surface area contributed by atoms with E-state index in [-0.39, 0.29) is 19.0 Å². The van der Waals surface area contributed by atoms with Gasteiger partial charge in [-0.15, -0.1) is 11.3 Å². The summed E-state index contributed by atoms with van der Waals surface area (Å²) in [5.41, 5.74) is 2.17. The van der Waals surface area contributed by atoms with Crippen LogP contribution >= 0.6 is 23.1 Å². The third-order valence-electron chi connectivity index (χ3n) is 5.58. The van der Waals surface area contributed by atoms with E-state index in [0.717, 1.165) is 46.5 Å². The molecular formula is C22H24N2O5S2. The number of fused-ring (bicyclic) bond motifs is 4. The summed E-state index contributed by atoms with van der Waals surface area (Å²) in [7, 11) is 1.76. The Labute approximate surface area is 188 Å². The topological polar surface area (TPSA) is 82.8 Å². The van der Waals surface area contributed by atoms with Crippen molar-refractivity contribution in [1.82, 2.24) is 9.55 Å². The zero-order valence-electron chi connectivity index (χ0n) is 17.3. The summed E-state index contributed by atoms with van der Waals surface area (Å²) >= 11 is 3.03. The van der Waals surface area contributed by atoms with Crippen LogP contribution in [-0.2, 0) is 31.2 Å². The summed E-state index contributed by atoms with van der Waals surface area (Å²) in [6.45, 7) is 0.818. The van der Waals surface area contributed by atoms with Crippen LogP contribution in [-0.4, -0.2) is 39.9 Å². The molecule has 0 spiro atoms. The molecule has 0 fully saturated rings. The Morgan fingerprint density at radius 2 is 2.13 bits per heavy atom. The number of nitrogens with zero attached hydrogens (tertiary/aromatic N) is 2. The minimum Gasteiger partial charge on any atom is -0.454 e. The molecule has 2 aromatic heterocycles. The summed E-state index contributed by atoms with van der Waals surface area (Å²) in [6.07, 6.45) is 3.67. The molecule has 164 valence electrons. The SMILES string of the molecule is Cn1c(SCC(O)COCc2ccc3c(c2)OCO3)nc2sc3c(c2c1=O)CCCC3. The Kier molecular flexibility index (Phi) is 5.92. The third-order valence-corrected chi connectivity index (χ3v) is 7.94. The summed E-state index contributed by atoms with van der Waals surface area (Å²) in [4.78, 5) is 19.8. The minimum absolute atomic E-state index is 0.0143. The van der Waals surface area contributed by atoms with E-state index in [1.54, 1.807) is 23.0 Å².